The maximum absolute atomic E-state index is 14.8. The fraction of sp³-hybridized carbons (Fsp3) is 0.360. The second kappa shape index (κ2) is 10.2. The van der Waals surface area contributed by atoms with Gasteiger partial charge in [0.2, 0.25) is 5.91 Å². The van der Waals surface area contributed by atoms with E-state index in [-0.39, 0.29) is 41.0 Å². The SMILES string of the molecule is C=CC(=O)N1C(C)CN(C(=N)c2cc(Cl)c(-c3ccc(F)cc3F)c3c2NCC(O)CS3)C[C@H]1C. The minimum atomic E-state index is -0.743. The van der Waals surface area contributed by atoms with Crippen molar-refractivity contribution in [3.05, 3.63) is 59.1 Å². The van der Waals surface area contributed by atoms with Gasteiger partial charge < -0.3 is 20.2 Å². The number of anilines is 1. The van der Waals surface area contributed by atoms with E-state index in [1.54, 1.807) is 11.0 Å². The zero-order valence-corrected chi connectivity index (χ0v) is 21.0. The molecular formula is C25H27ClF2N4O2S. The lowest BCUT2D eigenvalue weighted by atomic mass is 9.99. The number of aliphatic hydroxyl groups is 1. The molecule has 2 aliphatic rings. The first kappa shape index (κ1) is 25.5. The maximum atomic E-state index is 14.8. The van der Waals surface area contributed by atoms with E-state index in [1.807, 2.05) is 18.7 Å². The molecule has 3 atom stereocenters. The summed E-state index contributed by atoms with van der Waals surface area (Å²) in [6, 6.07) is 4.66. The number of β-amino-alcohol motifs (C(OH)–C–C–N with tert-alkyl or cyclic N) is 1. The number of rotatable bonds is 3. The molecule has 6 nitrogen and oxygen atoms in total. The minimum absolute atomic E-state index is 0.143. The average molecular weight is 521 g/mol. The van der Waals surface area contributed by atoms with Crippen molar-refractivity contribution in [2.24, 2.45) is 0 Å². The van der Waals surface area contributed by atoms with E-state index >= 15 is 0 Å². The first-order chi connectivity index (χ1) is 16.6. The highest BCUT2D eigenvalue weighted by atomic mass is 35.5. The summed E-state index contributed by atoms with van der Waals surface area (Å²) in [6.45, 7) is 8.57. The number of fused-ring (bicyclic) bond motifs is 1. The molecule has 10 heteroatoms. The van der Waals surface area contributed by atoms with Crippen molar-refractivity contribution in [2.45, 2.75) is 36.9 Å². The molecular weight excluding hydrogens is 494 g/mol. The van der Waals surface area contributed by atoms with E-state index in [0.29, 0.717) is 40.6 Å². The van der Waals surface area contributed by atoms with E-state index in [1.165, 1.54) is 30.0 Å². The summed E-state index contributed by atoms with van der Waals surface area (Å²) in [6.07, 6.45) is 0.639. The van der Waals surface area contributed by atoms with Crippen LogP contribution in [0, 0.1) is 17.0 Å². The molecule has 186 valence electrons. The van der Waals surface area contributed by atoms with Gasteiger partial charge in [-0.25, -0.2) is 8.78 Å². The number of benzene rings is 2. The Morgan fingerprint density at radius 2 is 1.97 bits per heavy atom. The lowest BCUT2D eigenvalue weighted by Crippen LogP contribution is -2.59. The van der Waals surface area contributed by atoms with E-state index in [2.05, 4.69) is 11.9 Å². The number of carbonyl (C=O) groups excluding carboxylic acids is 1. The molecule has 3 N–H and O–H groups in total. The molecule has 0 aromatic heterocycles. The first-order valence-corrected chi connectivity index (χ1v) is 12.6. The summed E-state index contributed by atoms with van der Waals surface area (Å²) in [4.78, 5) is 16.5. The number of amidine groups is 1. The third kappa shape index (κ3) is 4.90. The van der Waals surface area contributed by atoms with Crippen LogP contribution in [0.15, 0.2) is 41.8 Å². The molecule has 2 unspecified atom stereocenters. The van der Waals surface area contributed by atoms with Gasteiger partial charge in [0.1, 0.15) is 17.5 Å². The molecule has 35 heavy (non-hydrogen) atoms. The number of hydrogen-bond acceptors (Lipinski definition) is 5. The fourth-order valence-electron chi connectivity index (χ4n) is 4.75. The quantitative estimate of drug-likeness (QED) is 0.313. The lowest BCUT2D eigenvalue weighted by Gasteiger charge is -2.45. The molecule has 0 spiro atoms. The summed E-state index contributed by atoms with van der Waals surface area (Å²) in [5.74, 6) is -1.02. The van der Waals surface area contributed by atoms with Gasteiger partial charge in [0, 0.05) is 65.1 Å². The normalized spacial score (nSPS) is 22.2. The van der Waals surface area contributed by atoms with Crippen molar-refractivity contribution in [3.63, 3.8) is 0 Å². The number of nitrogens with zero attached hydrogens (tertiary/aromatic N) is 2. The van der Waals surface area contributed by atoms with Crippen LogP contribution in [0.2, 0.25) is 5.02 Å². The highest BCUT2D eigenvalue weighted by Crippen LogP contribution is 2.46. The number of nitrogens with one attached hydrogen (secondary N) is 2. The Hall–Kier alpha value is -2.62. The molecule has 1 fully saturated rings. The molecule has 0 bridgehead atoms. The Morgan fingerprint density at radius 3 is 2.60 bits per heavy atom. The Labute approximate surface area is 212 Å². The van der Waals surface area contributed by atoms with Crippen molar-refractivity contribution < 1.29 is 18.7 Å². The average Bonchev–Trinajstić information content (AvgIpc) is 3.00. The second-order valence-corrected chi connectivity index (χ2v) is 10.3. The van der Waals surface area contributed by atoms with Gasteiger partial charge in [0.25, 0.3) is 0 Å². The van der Waals surface area contributed by atoms with Gasteiger partial charge in [-0.15, -0.1) is 11.8 Å². The van der Waals surface area contributed by atoms with Crippen LogP contribution >= 0.6 is 23.4 Å². The predicted molar refractivity (Wildman–Crippen MR) is 136 cm³/mol. The first-order valence-electron chi connectivity index (χ1n) is 11.3. The summed E-state index contributed by atoms with van der Waals surface area (Å²) in [5, 5.41) is 22.8. The van der Waals surface area contributed by atoms with Gasteiger partial charge in [-0.3, -0.25) is 10.2 Å². The third-order valence-corrected chi connectivity index (χ3v) is 7.83. The molecule has 1 amide bonds. The standard InChI is InChI=1S/C25H27ClF2N4O2S/c1-4-21(34)32-13(2)10-31(11-14(32)3)25(29)18-8-19(26)22(17-6-5-15(27)7-20(17)28)24-23(18)30-9-16(33)12-35-24/h4-8,13-14,16,29-30,33H,1,9-12H2,2-3H3/t13-,14?,16?/m1/s1. The van der Waals surface area contributed by atoms with Gasteiger partial charge in [0.05, 0.1) is 16.8 Å². The predicted octanol–water partition coefficient (Wildman–Crippen LogP) is 4.60. The number of carbonyl (C=O) groups is 1. The Kier molecular flexibility index (Phi) is 7.40. The summed E-state index contributed by atoms with van der Waals surface area (Å²) in [7, 11) is 0. The molecule has 0 aliphatic carbocycles. The smallest absolute Gasteiger partial charge is 0.246 e. The van der Waals surface area contributed by atoms with E-state index < -0.39 is 17.7 Å². The van der Waals surface area contributed by atoms with Crippen LogP contribution < -0.4 is 5.32 Å². The highest BCUT2D eigenvalue weighted by molar-refractivity contribution is 7.99. The molecule has 4 rings (SSSR count). The largest absolute Gasteiger partial charge is 0.390 e. The number of halogens is 3. The molecule has 0 radical (unpaired) electrons. The van der Waals surface area contributed by atoms with Crippen LogP contribution in [0.5, 0.6) is 0 Å². The zero-order valence-electron chi connectivity index (χ0n) is 19.4. The number of piperazine rings is 1. The van der Waals surface area contributed by atoms with Crippen molar-refractivity contribution in [1.29, 1.82) is 5.41 Å². The van der Waals surface area contributed by atoms with Crippen LogP contribution in [0.4, 0.5) is 14.5 Å². The fourth-order valence-corrected chi connectivity index (χ4v) is 6.28. The van der Waals surface area contributed by atoms with Gasteiger partial charge >= 0.3 is 0 Å². The number of aliphatic hydroxyl groups excluding tert-OH is 1. The zero-order chi connectivity index (χ0) is 25.4. The maximum Gasteiger partial charge on any atom is 0.246 e. The summed E-state index contributed by atoms with van der Waals surface area (Å²) in [5.41, 5.74) is 1.63. The molecule has 2 heterocycles. The number of hydrogen-bond donors (Lipinski definition) is 3. The van der Waals surface area contributed by atoms with E-state index in [9.17, 15) is 18.7 Å². The highest BCUT2D eigenvalue weighted by Gasteiger charge is 2.35. The summed E-state index contributed by atoms with van der Waals surface area (Å²) >= 11 is 8.00. The molecule has 2 aromatic carbocycles. The molecule has 0 saturated carbocycles. The van der Waals surface area contributed by atoms with Crippen LogP contribution in [0.1, 0.15) is 19.4 Å². The Morgan fingerprint density at radius 1 is 1.29 bits per heavy atom. The Balaban J connectivity index is 1.78. The van der Waals surface area contributed by atoms with Gasteiger partial charge in [0.15, 0.2) is 0 Å². The van der Waals surface area contributed by atoms with Gasteiger partial charge in [-0.2, -0.15) is 0 Å². The lowest BCUT2D eigenvalue weighted by molar-refractivity contribution is -0.132. The van der Waals surface area contributed by atoms with Crippen LogP contribution in [-0.4, -0.2) is 70.2 Å². The molecule has 2 aliphatic heterocycles. The third-order valence-electron chi connectivity index (χ3n) is 6.29. The monoisotopic (exact) mass is 520 g/mol. The topological polar surface area (TPSA) is 79.7 Å². The van der Waals surface area contributed by atoms with Gasteiger partial charge in [-0.1, -0.05) is 18.2 Å². The van der Waals surface area contributed by atoms with Crippen LogP contribution in [0.25, 0.3) is 11.1 Å². The molecule has 2 aromatic rings. The Bertz CT molecular complexity index is 1180. The van der Waals surface area contributed by atoms with Crippen LogP contribution in [0.3, 0.4) is 0 Å². The van der Waals surface area contributed by atoms with Crippen molar-refractivity contribution in [2.75, 3.05) is 30.7 Å². The van der Waals surface area contributed by atoms with Crippen molar-refractivity contribution in [3.8, 4) is 11.1 Å². The van der Waals surface area contributed by atoms with E-state index in [0.717, 1.165) is 6.07 Å². The van der Waals surface area contributed by atoms with Crippen LogP contribution in [-0.2, 0) is 4.79 Å². The summed E-state index contributed by atoms with van der Waals surface area (Å²) < 4.78 is 28.3. The van der Waals surface area contributed by atoms with E-state index in [4.69, 9.17) is 17.0 Å². The van der Waals surface area contributed by atoms with Gasteiger partial charge in [-0.05, 0) is 38.1 Å². The number of thioether (sulfide) groups is 1. The second-order valence-electron chi connectivity index (χ2n) is 8.86. The number of amides is 1. The minimum Gasteiger partial charge on any atom is -0.390 e. The van der Waals surface area contributed by atoms with Crippen molar-refractivity contribution in [1.82, 2.24) is 9.80 Å². The molecule has 1 saturated heterocycles. The van der Waals surface area contributed by atoms with Crippen molar-refractivity contribution >= 4 is 40.8 Å².